The number of aryl methyl sites for hydroxylation is 1. The van der Waals surface area contributed by atoms with E-state index in [0.29, 0.717) is 16.1 Å². The first kappa shape index (κ1) is 19.3. The van der Waals surface area contributed by atoms with E-state index in [1.807, 2.05) is 0 Å². The molecule has 2 aromatic carbocycles. The van der Waals surface area contributed by atoms with E-state index in [4.69, 9.17) is 11.6 Å². The van der Waals surface area contributed by atoms with Gasteiger partial charge in [-0.1, -0.05) is 42.0 Å². The average molecular weight is 407 g/mol. The molecule has 0 spiro atoms. The number of hydrogen-bond acceptors (Lipinski definition) is 3. The Hall–Kier alpha value is -2.51. The van der Waals surface area contributed by atoms with Crippen molar-refractivity contribution in [3.05, 3.63) is 63.2 Å². The predicted molar refractivity (Wildman–Crippen MR) is 103 cm³/mol. The van der Waals surface area contributed by atoms with Gasteiger partial charge in [0.2, 0.25) is 0 Å². The number of fused-ring (bicyclic) bond motifs is 1. The number of nitrogens with zero attached hydrogens (tertiary/aromatic N) is 2. The number of hydrogen-bond donors (Lipinski definition) is 1. The molecule has 0 saturated heterocycles. The molecule has 0 aliphatic carbocycles. The van der Waals surface area contributed by atoms with Gasteiger partial charge in [-0.2, -0.15) is 4.99 Å². The van der Waals surface area contributed by atoms with E-state index in [9.17, 15) is 19.1 Å². The second kappa shape index (κ2) is 7.62. The molecule has 1 heterocycles. The first-order valence-electron chi connectivity index (χ1n) is 8.21. The summed E-state index contributed by atoms with van der Waals surface area (Å²) < 4.78 is 16.3. The zero-order valence-electron chi connectivity index (χ0n) is 14.6. The minimum atomic E-state index is -1.07. The topological polar surface area (TPSA) is 71.7 Å². The standard InChI is InChI=1S/C19H16ClFN2O3S/c1-3-13(18(25)26)23-14-8-7-10(2)15(21)16(14)27-19(23)22-17(24)11-5-4-6-12(20)9-11/h4-9,13H,3H2,1-2H3,(H,25,26). The highest BCUT2D eigenvalue weighted by atomic mass is 35.5. The number of carboxylic acid groups (broad SMARTS) is 1. The molecule has 0 bridgehead atoms. The molecule has 1 unspecified atom stereocenters. The highest BCUT2D eigenvalue weighted by molar-refractivity contribution is 7.16. The molecular formula is C19H16ClFN2O3S. The van der Waals surface area contributed by atoms with Crippen molar-refractivity contribution < 1.29 is 19.1 Å². The van der Waals surface area contributed by atoms with Crippen LogP contribution in [0.25, 0.3) is 10.2 Å². The van der Waals surface area contributed by atoms with Crippen molar-refractivity contribution >= 4 is 45.0 Å². The smallest absolute Gasteiger partial charge is 0.326 e. The van der Waals surface area contributed by atoms with Crippen LogP contribution in [-0.2, 0) is 4.79 Å². The Morgan fingerprint density at radius 2 is 2.07 bits per heavy atom. The van der Waals surface area contributed by atoms with Crippen molar-refractivity contribution in [1.29, 1.82) is 0 Å². The predicted octanol–water partition coefficient (Wildman–Crippen LogP) is 4.58. The Kier molecular flexibility index (Phi) is 5.43. The van der Waals surface area contributed by atoms with Crippen LogP contribution in [0.15, 0.2) is 41.4 Å². The molecule has 1 amide bonds. The fraction of sp³-hybridized carbons (Fsp3) is 0.211. The molecule has 0 aliphatic rings. The number of carbonyl (C=O) groups is 2. The van der Waals surface area contributed by atoms with Crippen LogP contribution in [0.3, 0.4) is 0 Å². The zero-order chi connectivity index (χ0) is 19.7. The number of halogens is 2. The minimum Gasteiger partial charge on any atom is -0.480 e. The molecule has 8 heteroatoms. The zero-order valence-corrected chi connectivity index (χ0v) is 16.1. The number of carbonyl (C=O) groups excluding carboxylic acids is 1. The van der Waals surface area contributed by atoms with Gasteiger partial charge in [0.25, 0.3) is 5.91 Å². The van der Waals surface area contributed by atoms with Crippen LogP contribution in [0.1, 0.15) is 35.3 Å². The molecule has 27 heavy (non-hydrogen) atoms. The van der Waals surface area contributed by atoms with E-state index in [-0.39, 0.29) is 21.5 Å². The molecule has 3 rings (SSSR count). The summed E-state index contributed by atoms with van der Waals surface area (Å²) in [6, 6.07) is 8.56. The summed E-state index contributed by atoms with van der Waals surface area (Å²) >= 11 is 6.87. The van der Waals surface area contributed by atoms with Crippen LogP contribution in [0, 0.1) is 12.7 Å². The minimum absolute atomic E-state index is 0.133. The van der Waals surface area contributed by atoms with Crippen LogP contribution in [0.5, 0.6) is 0 Å². The second-order valence-electron chi connectivity index (χ2n) is 5.99. The van der Waals surface area contributed by atoms with Gasteiger partial charge in [-0.05, 0) is 43.2 Å². The van der Waals surface area contributed by atoms with Crippen molar-refractivity contribution in [2.45, 2.75) is 26.3 Å². The quantitative estimate of drug-likeness (QED) is 0.689. The van der Waals surface area contributed by atoms with Gasteiger partial charge in [-0.15, -0.1) is 0 Å². The number of aliphatic carboxylic acids is 1. The van der Waals surface area contributed by atoms with Gasteiger partial charge < -0.3 is 9.67 Å². The Labute approximate surface area is 163 Å². The van der Waals surface area contributed by atoms with Crippen molar-refractivity contribution in [2.24, 2.45) is 4.99 Å². The first-order valence-corrected chi connectivity index (χ1v) is 9.40. The Bertz CT molecular complexity index is 1120. The molecular weight excluding hydrogens is 391 g/mol. The van der Waals surface area contributed by atoms with E-state index in [0.717, 1.165) is 11.3 Å². The van der Waals surface area contributed by atoms with Crippen LogP contribution >= 0.6 is 22.9 Å². The summed E-state index contributed by atoms with van der Waals surface area (Å²) in [6.07, 6.45) is 0.259. The molecule has 0 aliphatic heterocycles. The highest BCUT2D eigenvalue weighted by Crippen LogP contribution is 2.27. The van der Waals surface area contributed by atoms with Crippen molar-refractivity contribution in [1.82, 2.24) is 4.57 Å². The SMILES string of the molecule is CCC(C(=O)O)n1c(=NC(=O)c2cccc(Cl)c2)sc2c(F)c(C)ccc21. The van der Waals surface area contributed by atoms with Gasteiger partial charge in [0, 0.05) is 10.6 Å². The van der Waals surface area contributed by atoms with Crippen LogP contribution in [0.2, 0.25) is 5.02 Å². The fourth-order valence-electron chi connectivity index (χ4n) is 2.79. The van der Waals surface area contributed by atoms with Gasteiger partial charge in [-0.25, -0.2) is 9.18 Å². The van der Waals surface area contributed by atoms with Gasteiger partial charge >= 0.3 is 5.97 Å². The third-order valence-corrected chi connectivity index (χ3v) is 5.48. The van der Waals surface area contributed by atoms with E-state index in [1.165, 1.54) is 10.6 Å². The number of carboxylic acids is 1. The molecule has 5 nitrogen and oxygen atoms in total. The van der Waals surface area contributed by atoms with E-state index < -0.39 is 23.7 Å². The maximum Gasteiger partial charge on any atom is 0.326 e. The van der Waals surface area contributed by atoms with Crippen molar-refractivity contribution in [2.75, 3.05) is 0 Å². The molecule has 140 valence electrons. The van der Waals surface area contributed by atoms with Crippen molar-refractivity contribution in [3.8, 4) is 0 Å². The van der Waals surface area contributed by atoms with Gasteiger partial charge in [0.15, 0.2) is 4.80 Å². The summed E-state index contributed by atoms with van der Waals surface area (Å²) in [5.41, 5.74) is 1.11. The lowest BCUT2D eigenvalue weighted by Gasteiger charge is -2.13. The summed E-state index contributed by atoms with van der Waals surface area (Å²) in [4.78, 5) is 28.5. The van der Waals surface area contributed by atoms with E-state index >= 15 is 0 Å². The molecule has 1 aromatic heterocycles. The summed E-state index contributed by atoms with van der Waals surface area (Å²) in [5.74, 6) is -2.09. The summed E-state index contributed by atoms with van der Waals surface area (Å²) in [6.45, 7) is 3.34. The average Bonchev–Trinajstić information content (AvgIpc) is 2.97. The molecule has 1 N–H and O–H groups in total. The Morgan fingerprint density at radius 3 is 2.70 bits per heavy atom. The van der Waals surface area contributed by atoms with Gasteiger partial charge in [0.05, 0.1) is 10.2 Å². The lowest BCUT2D eigenvalue weighted by atomic mass is 10.2. The Balaban J connectivity index is 2.29. The molecule has 3 aromatic rings. The van der Waals surface area contributed by atoms with E-state index in [1.54, 1.807) is 44.2 Å². The lowest BCUT2D eigenvalue weighted by Crippen LogP contribution is -2.27. The van der Waals surface area contributed by atoms with Crippen LogP contribution in [-0.4, -0.2) is 21.6 Å². The van der Waals surface area contributed by atoms with Crippen molar-refractivity contribution in [3.63, 3.8) is 0 Å². The summed E-state index contributed by atoms with van der Waals surface area (Å²) in [5, 5.41) is 9.97. The van der Waals surface area contributed by atoms with E-state index in [2.05, 4.69) is 4.99 Å². The van der Waals surface area contributed by atoms with Gasteiger partial charge in [-0.3, -0.25) is 4.79 Å². The fourth-order valence-corrected chi connectivity index (χ4v) is 4.14. The van der Waals surface area contributed by atoms with Crippen LogP contribution < -0.4 is 4.80 Å². The Morgan fingerprint density at radius 1 is 1.33 bits per heavy atom. The molecule has 0 fully saturated rings. The number of rotatable bonds is 4. The molecule has 0 saturated carbocycles. The largest absolute Gasteiger partial charge is 0.480 e. The maximum absolute atomic E-state index is 14.6. The lowest BCUT2D eigenvalue weighted by molar-refractivity contribution is -0.140. The normalized spacial score (nSPS) is 13.1. The summed E-state index contributed by atoms with van der Waals surface area (Å²) in [7, 11) is 0. The van der Waals surface area contributed by atoms with Crippen LogP contribution in [0.4, 0.5) is 4.39 Å². The second-order valence-corrected chi connectivity index (χ2v) is 7.40. The number of amides is 1. The van der Waals surface area contributed by atoms with Gasteiger partial charge in [0.1, 0.15) is 11.9 Å². The first-order chi connectivity index (χ1) is 12.8. The third kappa shape index (κ3) is 3.65. The number of thiazole rings is 1. The molecule has 1 atom stereocenters. The number of benzene rings is 2. The number of aromatic nitrogens is 1. The molecule has 0 radical (unpaired) electrons. The highest BCUT2D eigenvalue weighted by Gasteiger charge is 2.23. The third-order valence-electron chi connectivity index (χ3n) is 4.18. The monoisotopic (exact) mass is 406 g/mol. The maximum atomic E-state index is 14.6.